The highest BCUT2D eigenvalue weighted by Crippen LogP contribution is 2.48. The molecule has 11 heteroatoms. The van der Waals surface area contributed by atoms with Crippen LogP contribution in [0.3, 0.4) is 0 Å². The molecule has 5 rings (SSSR count). The van der Waals surface area contributed by atoms with Gasteiger partial charge in [-0.3, -0.25) is 14.8 Å². The number of H-pyrrole nitrogens is 1. The summed E-state index contributed by atoms with van der Waals surface area (Å²) >= 11 is 0. The monoisotopic (exact) mass is 515 g/mol. The smallest absolute Gasteiger partial charge is 0.310 e. The molecule has 0 radical (unpaired) electrons. The van der Waals surface area contributed by atoms with Crippen LogP contribution in [0.5, 0.6) is 0 Å². The lowest BCUT2D eigenvalue weighted by molar-refractivity contribution is -0.152. The fourth-order valence-electron chi connectivity index (χ4n) is 4.94. The number of hydrogen-bond acceptors (Lipinski definition) is 6. The number of halogens is 3. The average molecular weight is 516 g/mol. The van der Waals surface area contributed by atoms with Gasteiger partial charge in [-0.2, -0.15) is 5.10 Å². The second-order valence-electron chi connectivity index (χ2n) is 10.2. The standard InChI is InChI=1S/C26H28F3N5O3/c1-15-11-21(33-32-15)31-20-12-17(26(37)5-6-26)23(29)19(30-20)13-25(24(35)36)7-9-34(10-8-25)14-16-3-2-4-18(27)22(16)28/h2-4,11-12,37H,5-10,13-14H2,1H3,(H,35,36)(H2,30,31,32,33). The summed E-state index contributed by atoms with van der Waals surface area (Å²) in [4.78, 5) is 18.7. The third kappa shape index (κ3) is 5.05. The zero-order chi connectivity index (χ0) is 26.4. The van der Waals surface area contributed by atoms with E-state index >= 15 is 4.39 Å². The second-order valence-corrected chi connectivity index (χ2v) is 10.2. The molecular weight excluding hydrogens is 487 g/mol. The summed E-state index contributed by atoms with van der Waals surface area (Å²) in [5.41, 5.74) is -1.54. The van der Waals surface area contributed by atoms with E-state index in [1.54, 1.807) is 6.07 Å². The summed E-state index contributed by atoms with van der Waals surface area (Å²) in [7, 11) is 0. The van der Waals surface area contributed by atoms with E-state index in [2.05, 4.69) is 20.5 Å². The van der Waals surface area contributed by atoms with E-state index in [-0.39, 0.29) is 48.4 Å². The Labute approximate surface area is 211 Å². The Morgan fingerprint density at radius 2 is 1.84 bits per heavy atom. The number of aromatic nitrogens is 3. The number of carboxylic acids is 1. The number of rotatable bonds is 8. The molecule has 4 N–H and O–H groups in total. The SMILES string of the molecule is Cc1cc(Nc2cc(C3(O)CC3)c(F)c(CC3(C(=O)O)CCN(Cc4cccc(F)c4F)CC3)n2)n[nH]1. The number of pyridine rings is 1. The van der Waals surface area contributed by atoms with E-state index < -0.39 is 34.4 Å². The van der Waals surface area contributed by atoms with E-state index in [0.29, 0.717) is 31.7 Å². The molecule has 3 aromatic rings. The molecule has 2 fully saturated rings. The molecule has 1 saturated heterocycles. The van der Waals surface area contributed by atoms with Crippen molar-refractivity contribution in [3.05, 3.63) is 70.3 Å². The number of carbonyl (C=O) groups is 1. The van der Waals surface area contributed by atoms with Gasteiger partial charge in [-0.15, -0.1) is 0 Å². The summed E-state index contributed by atoms with van der Waals surface area (Å²) in [6.07, 6.45) is 0.995. The summed E-state index contributed by atoms with van der Waals surface area (Å²) < 4.78 is 43.3. The van der Waals surface area contributed by atoms with Gasteiger partial charge < -0.3 is 15.5 Å². The number of piperidine rings is 1. The van der Waals surface area contributed by atoms with Crippen LogP contribution in [0.15, 0.2) is 30.3 Å². The predicted octanol–water partition coefficient (Wildman–Crippen LogP) is 4.16. The molecule has 1 saturated carbocycles. The zero-order valence-electron chi connectivity index (χ0n) is 20.3. The average Bonchev–Trinajstić information content (AvgIpc) is 3.48. The van der Waals surface area contributed by atoms with Crippen LogP contribution in [0.1, 0.15) is 48.2 Å². The Morgan fingerprint density at radius 1 is 1.11 bits per heavy atom. The maximum Gasteiger partial charge on any atom is 0.310 e. The molecule has 0 spiro atoms. The first-order valence-corrected chi connectivity index (χ1v) is 12.2. The molecule has 2 aromatic heterocycles. The van der Waals surface area contributed by atoms with Crippen molar-refractivity contribution < 1.29 is 28.2 Å². The lowest BCUT2D eigenvalue weighted by Crippen LogP contribution is -2.45. The van der Waals surface area contributed by atoms with Crippen molar-refractivity contribution in [2.24, 2.45) is 5.41 Å². The van der Waals surface area contributed by atoms with Crippen LogP contribution in [0.25, 0.3) is 0 Å². The molecule has 3 heterocycles. The van der Waals surface area contributed by atoms with Crippen LogP contribution in [0.2, 0.25) is 0 Å². The number of likely N-dealkylation sites (tertiary alicyclic amines) is 1. The van der Waals surface area contributed by atoms with Gasteiger partial charge in [-0.25, -0.2) is 18.2 Å². The summed E-state index contributed by atoms with van der Waals surface area (Å²) in [5, 5.41) is 30.8. The predicted molar refractivity (Wildman–Crippen MR) is 129 cm³/mol. The first kappa shape index (κ1) is 25.2. The quantitative estimate of drug-likeness (QED) is 0.356. The van der Waals surface area contributed by atoms with Crippen molar-refractivity contribution in [1.29, 1.82) is 0 Å². The van der Waals surface area contributed by atoms with Crippen LogP contribution in [0.4, 0.5) is 24.8 Å². The Hall–Kier alpha value is -3.44. The maximum absolute atomic E-state index is 15.6. The number of aliphatic hydroxyl groups is 1. The van der Waals surface area contributed by atoms with Gasteiger partial charge in [0.15, 0.2) is 23.3 Å². The van der Waals surface area contributed by atoms with Crippen molar-refractivity contribution in [3.63, 3.8) is 0 Å². The fourth-order valence-corrected chi connectivity index (χ4v) is 4.94. The molecule has 1 aromatic carbocycles. The van der Waals surface area contributed by atoms with E-state index in [1.165, 1.54) is 18.2 Å². The number of aryl methyl sites for hydroxylation is 1. The highest BCUT2D eigenvalue weighted by molar-refractivity contribution is 5.75. The number of carboxylic acid groups (broad SMARTS) is 1. The minimum absolute atomic E-state index is 0.0420. The van der Waals surface area contributed by atoms with Gasteiger partial charge in [0.05, 0.1) is 16.7 Å². The van der Waals surface area contributed by atoms with Gasteiger partial charge in [0, 0.05) is 35.9 Å². The van der Waals surface area contributed by atoms with Gasteiger partial charge in [-0.05, 0) is 57.8 Å². The Balaban J connectivity index is 1.39. The van der Waals surface area contributed by atoms with Crippen LogP contribution < -0.4 is 5.32 Å². The van der Waals surface area contributed by atoms with Crippen molar-refractivity contribution in [2.75, 3.05) is 18.4 Å². The van der Waals surface area contributed by atoms with Crippen molar-refractivity contribution in [1.82, 2.24) is 20.1 Å². The number of aliphatic carboxylic acids is 1. The third-order valence-corrected chi connectivity index (χ3v) is 7.41. The summed E-state index contributed by atoms with van der Waals surface area (Å²) in [6, 6.07) is 7.17. The minimum atomic E-state index is -1.30. The number of aromatic amines is 1. The topological polar surface area (TPSA) is 114 Å². The van der Waals surface area contributed by atoms with E-state index in [0.717, 1.165) is 11.8 Å². The van der Waals surface area contributed by atoms with Gasteiger partial charge in [0.2, 0.25) is 0 Å². The summed E-state index contributed by atoms with van der Waals surface area (Å²) in [5.74, 6) is -2.89. The molecular formula is C26H28F3N5O3. The highest BCUT2D eigenvalue weighted by Gasteiger charge is 2.47. The van der Waals surface area contributed by atoms with Crippen LogP contribution >= 0.6 is 0 Å². The molecule has 0 bridgehead atoms. The van der Waals surface area contributed by atoms with Gasteiger partial charge in [0.1, 0.15) is 5.82 Å². The number of benzene rings is 1. The number of nitrogens with zero attached hydrogens (tertiary/aromatic N) is 3. The van der Waals surface area contributed by atoms with Gasteiger partial charge >= 0.3 is 5.97 Å². The van der Waals surface area contributed by atoms with Crippen molar-refractivity contribution >= 4 is 17.6 Å². The Bertz CT molecular complexity index is 1330. The first-order chi connectivity index (χ1) is 17.6. The molecule has 0 atom stereocenters. The molecule has 0 amide bonds. The highest BCUT2D eigenvalue weighted by atomic mass is 19.2. The lowest BCUT2D eigenvalue weighted by atomic mass is 9.74. The first-order valence-electron chi connectivity index (χ1n) is 12.2. The molecule has 8 nitrogen and oxygen atoms in total. The third-order valence-electron chi connectivity index (χ3n) is 7.41. The molecule has 37 heavy (non-hydrogen) atoms. The molecule has 1 aliphatic heterocycles. The summed E-state index contributed by atoms with van der Waals surface area (Å²) in [6.45, 7) is 2.59. The molecule has 0 unspecified atom stereocenters. The van der Waals surface area contributed by atoms with Crippen molar-refractivity contribution in [2.45, 2.75) is 51.2 Å². The van der Waals surface area contributed by atoms with Gasteiger partial charge in [-0.1, -0.05) is 12.1 Å². The van der Waals surface area contributed by atoms with Crippen LogP contribution in [-0.2, 0) is 23.4 Å². The number of hydrogen-bond donors (Lipinski definition) is 4. The fraction of sp³-hybridized carbons (Fsp3) is 0.423. The Kier molecular flexibility index (Phi) is 6.45. The van der Waals surface area contributed by atoms with E-state index in [4.69, 9.17) is 0 Å². The van der Waals surface area contributed by atoms with E-state index in [9.17, 15) is 23.8 Å². The normalized spacial score (nSPS) is 18.5. The second kappa shape index (κ2) is 9.46. The maximum atomic E-state index is 15.6. The van der Waals surface area contributed by atoms with Gasteiger partial charge in [0.25, 0.3) is 0 Å². The lowest BCUT2D eigenvalue weighted by Gasteiger charge is -2.39. The molecule has 1 aliphatic carbocycles. The van der Waals surface area contributed by atoms with Crippen LogP contribution in [-0.4, -0.2) is 49.4 Å². The number of nitrogens with one attached hydrogen (secondary N) is 2. The minimum Gasteiger partial charge on any atom is -0.481 e. The Morgan fingerprint density at radius 3 is 2.46 bits per heavy atom. The van der Waals surface area contributed by atoms with Crippen molar-refractivity contribution in [3.8, 4) is 0 Å². The largest absolute Gasteiger partial charge is 0.481 e. The number of anilines is 2. The van der Waals surface area contributed by atoms with E-state index in [1.807, 2.05) is 11.8 Å². The van der Waals surface area contributed by atoms with Crippen LogP contribution in [0, 0.1) is 29.8 Å². The zero-order valence-corrected chi connectivity index (χ0v) is 20.3. The molecule has 196 valence electrons. The molecule has 2 aliphatic rings.